The standard InChI is InChI=1S/C11H12BrN3O/c1-8(16)11-7-15(14-13-11)6-9-4-2-3-5-10(9)12/h2-5,7-8,16H,6H2,1H3. The summed E-state index contributed by atoms with van der Waals surface area (Å²) in [5, 5.41) is 17.2. The average molecular weight is 282 g/mol. The first kappa shape index (κ1) is 11.3. The lowest BCUT2D eigenvalue weighted by molar-refractivity contribution is 0.194. The van der Waals surface area contributed by atoms with E-state index in [4.69, 9.17) is 0 Å². The van der Waals surface area contributed by atoms with Gasteiger partial charge in [0, 0.05) is 4.47 Å². The van der Waals surface area contributed by atoms with Gasteiger partial charge in [0.15, 0.2) is 0 Å². The molecule has 0 radical (unpaired) electrons. The van der Waals surface area contributed by atoms with Crippen LogP contribution in [0.4, 0.5) is 0 Å². The predicted octanol–water partition coefficient (Wildman–Crippen LogP) is 2.14. The van der Waals surface area contributed by atoms with Gasteiger partial charge in [0.2, 0.25) is 0 Å². The average Bonchev–Trinajstić information content (AvgIpc) is 2.70. The SMILES string of the molecule is CC(O)c1cn(Cc2ccccc2Br)nn1. The van der Waals surface area contributed by atoms with E-state index in [1.54, 1.807) is 17.8 Å². The molecule has 5 heteroatoms. The number of aliphatic hydroxyl groups excluding tert-OH is 1. The minimum Gasteiger partial charge on any atom is -0.387 e. The maximum Gasteiger partial charge on any atom is 0.111 e. The molecular formula is C11H12BrN3O. The van der Waals surface area contributed by atoms with Gasteiger partial charge in [-0.1, -0.05) is 39.3 Å². The highest BCUT2D eigenvalue weighted by Crippen LogP contribution is 2.17. The van der Waals surface area contributed by atoms with E-state index < -0.39 is 6.10 Å². The van der Waals surface area contributed by atoms with Gasteiger partial charge in [-0.05, 0) is 18.6 Å². The van der Waals surface area contributed by atoms with Crippen LogP contribution in [0, 0.1) is 0 Å². The quantitative estimate of drug-likeness (QED) is 0.938. The van der Waals surface area contributed by atoms with Crippen LogP contribution in [-0.4, -0.2) is 20.1 Å². The summed E-state index contributed by atoms with van der Waals surface area (Å²) in [6, 6.07) is 7.96. The van der Waals surface area contributed by atoms with Gasteiger partial charge in [0.1, 0.15) is 5.69 Å². The highest BCUT2D eigenvalue weighted by molar-refractivity contribution is 9.10. The fourth-order valence-electron chi connectivity index (χ4n) is 1.38. The van der Waals surface area contributed by atoms with Crippen LogP contribution in [0.15, 0.2) is 34.9 Å². The molecule has 0 fully saturated rings. The van der Waals surface area contributed by atoms with Crippen molar-refractivity contribution in [1.82, 2.24) is 15.0 Å². The topological polar surface area (TPSA) is 50.9 Å². The maximum absolute atomic E-state index is 9.33. The minimum atomic E-state index is -0.576. The number of aliphatic hydroxyl groups is 1. The number of halogens is 1. The molecule has 1 atom stereocenters. The number of nitrogens with zero attached hydrogens (tertiary/aromatic N) is 3. The Kier molecular flexibility index (Phi) is 3.36. The van der Waals surface area contributed by atoms with E-state index in [0.717, 1.165) is 10.0 Å². The molecule has 2 rings (SSSR count). The number of benzene rings is 1. The molecule has 1 aromatic heterocycles. The zero-order valence-corrected chi connectivity index (χ0v) is 10.4. The van der Waals surface area contributed by atoms with Gasteiger partial charge in [-0.15, -0.1) is 5.10 Å². The molecule has 1 unspecified atom stereocenters. The van der Waals surface area contributed by atoms with Gasteiger partial charge in [-0.3, -0.25) is 0 Å². The lowest BCUT2D eigenvalue weighted by Crippen LogP contribution is -2.01. The molecule has 0 aliphatic carbocycles. The van der Waals surface area contributed by atoms with Crippen molar-refractivity contribution in [2.75, 3.05) is 0 Å². The summed E-state index contributed by atoms with van der Waals surface area (Å²) in [6.45, 7) is 2.31. The molecule has 1 heterocycles. The molecule has 0 bridgehead atoms. The zero-order chi connectivity index (χ0) is 11.5. The van der Waals surface area contributed by atoms with Crippen molar-refractivity contribution in [3.05, 3.63) is 46.2 Å². The first-order valence-electron chi connectivity index (χ1n) is 4.98. The Hall–Kier alpha value is -1.20. The largest absolute Gasteiger partial charge is 0.387 e. The summed E-state index contributed by atoms with van der Waals surface area (Å²) in [7, 11) is 0. The van der Waals surface area contributed by atoms with Crippen LogP contribution in [0.1, 0.15) is 24.3 Å². The Morgan fingerprint density at radius 2 is 2.19 bits per heavy atom. The summed E-state index contributed by atoms with van der Waals surface area (Å²) in [5.41, 5.74) is 1.72. The lowest BCUT2D eigenvalue weighted by Gasteiger charge is -2.03. The van der Waals surface area contributed by atoms with Gasteiger partial charge in [0.05, 0.1) is 18.8 Å². The second kappa shape index (κ2) is 4.76. The fraction of sp³-hybridized carbons (Fsp3) is 0.273. The Morgan fingerprint density at radius 1 is 1.44 bits per heavy atom. The van der Waals surface area contributed by atoms with E-state index in [9.17, 15) is 5.11 Å². The Bertz CT molecular complexity index is 482. The van der Waals surface area contributed by atoms with Crippen molar-refractivity contribution >= 4 is 15.9 Å². The van der Waals surface area contributed by atoms with Crippen molar-refractivity contribution in [1.29, 1.82) is 0 Å². The molecule has 1 aromatic carbocycles. The Morgan fingerprint density at radius 3 is 2.81 bits per heavy atom. The van der Waals surface area contributed by atoms with E-state index in [2.05, 4.69) is 26.2 Å². The number of aromatic nitrogens is 3. The van der Waals surface area contributed by atoms with Crippen LogP contribution >= 0.6 is 15.9 Å². The molecule has 0 aliphatic rings. The summed E-state index contributed by atoms with van der Waals surface area (Å²) < 4.78 is 2.76. The van der Waals surface area contributed by atoms with Crippen LogP contribution in [0.3, 0.4) is 0 Å². The third kappa shape index (κ3) is 2.48. The van der Waals surface area contributed by atoms with Gasteiger partial charge in [0.25, 0.3) is 0 Å². The molecule has 84 valence electrons. The Labute approximate surface area is 102 Å². The van der Waals surface area contributed by atoms with Crippen molar-refractivity contribution in [2.24, 2.45) is 0 Å². The molecule has 0 aliphatic heterocycles. The van der Waals surface area contributed by atoms with Crippen LogP contribution in [0.2, 0.25) is 0 Å². The number of rotatable bonds is 3. The van der Waals surface area contributed by atoms with Gasteiger partial charge < -0.3 is 5.11 Å². The molecule has 16 heavy (non-hydrogen) atoms. The molecule has 0 amide bonds. The molecule has 0 saturated heterocycles. The highest BCUT2D eigenvalue weighted by Gasteiger charge is 2.07. The molecular weight excluding hydrogens is 270 g/mol. The first-order valence-corrected chi connectivity index (χ1v) is 5.77. The van der Waals surface area contributed by atoms with Crippen molar-refractivity contribution < 1.29 is 5.11 Å². The maximum atomic E-state index is 9.33. The molecule has 0 spiro atoms. The Balaban J connectivity index is 2.18. The number of hydrogen-bond donors (Lipinski definition) is 1. The van der Waals surface area contributed by atoms with Crippen LogP contribution < -0.4 is 0 Å². The van der Waals surface area contributed by atoms with Crippen LogP contribution in [0.25, 0.3) is 0 Å². The molecule has 1 N–H and O–H groups in total. The molecule has 2 aromatic rings. The summed E-state index contributed by atoms with van der Waals surface area (Å²) in [4.78, 5) is 0. The normalized spacial score (nSPS) is 12.7. The smallest absolute Gasteiger partial charge is 0.111 e. The van der Waals surface area contributed by atoms with E-state index >= 15 is 0 Å². The minimum absolute atomic E-state index is 0.576. The summed E-state index contributed by atoms with van der Waals surface area (Å²) in [6.07, 6.45) is 1.18. The van der Waals surface area contributed by atoms with Gasteiger partial charge >= 0.3 is 0 Å². The van der Waals surface area contributed by atoms with E-state index in [-0.39, 0.29) is 0 Å². The second-order valence-electron chi connectivity index (χ2n) is 3.61. The van der Waals surface area contributed by atoms with Crippen LogP contribution in [0.5, 0.6) is 0 Å². The van der Waals surface area contributed by atoms with E-state index in [0.29, 0.717) is 12.2 Å². The van der Waals surface area contributed by atoms with Crippen LogP contribution in [-0.2, 0) is 6.54 Å². The van der Waals surface area contributed by atoms with Crippen molar-refractivity contribution in [3.8, 4) is 0 Å². The third-order valence-electron chi connectivity index (χ3n) is 2.27. The van der Waals surface area contributed by atoms with Crippen molar-refractivity contribution in [2.45, 2.75) is 19.6 Å². The molecule has 4 nitrogen and oxygen atoms in total. The van der Waals surface area contributed by atoms with Gasteiger partial charge in [-0.2, -0.15) is 0 Å². The second-order valence-corrected chi connectivity index (χ2v) is 4.46. The fourth-order valence-corrected chi connectivity index (χ4v) is 1.79. The third-order valence-corrected chi connectivity index (χ3v) is 3.05. The zero-order valence-electron chi connectivity index (χ0n) is 8.84. The predicted molar refractivity (Wildman–Crippen MR) is 63.9 cm³/mol. The van der Waals surface area contributed by atoms with Gasteiger partial charge in [-0.25, -0.2) is 4.68 Å². The van der Waals surface area contributed by atoms with Crippen molar-refractivity contribution in [3.63, 3.8) is 0 Å². The lowest BCUT2D eigenvalue weighted by atomic mass is 10.2. The monoisotopic (exact) mass is 281 g/mol. The first-order chi connectivity index (χ1) is 7.66. The number of hydrogen-bond acceptors (Lipinski definition) is 3. The van der Waals surface area contributed by atoms with E-state index in [1.807, 2.05) is 24.3 Å². The summed E-state index contributed by atoms with van der Waals surface area (Å²) in [5.74, 6) is 0. The highest BCUT2D eigenvalue weighted by atomic mass is 79.9. The molecule has 0 saturated carbocycles. The van der Waals surface area contributed by atoms with E-state index in [1.165, 1.54) is 0 Å². The summed E-state index contributed by atoms with van der Waals surface area (Å²) >= 11 is 3.48.